The van der Waals surface area contributed by atoms with E-state index < -0.39 is 0 Å². The predicted octanol–water partition coefficient (Wildman–Crippen LogP) is 3.47. The van der Waals surface area contributed by atoms with Gasteiger partial charge < -0.3 is 4.98 Å². The second-order valence-corrected chi connectivity index (χ2v) is 3.86. The number of rotatable bonds is 3. The van der Waals surface area contributed by atoms with Crippen LogP contribution < -0.4 is 0 Å². The Morgan fingerprint density at radius 3 is 3.14 bits per heavy atom. The lowest BCUT2D eigenvalue weighted by Gasteiger charge is -2.08. The van der Waals surface area contributed by atoms with Crippen LogP contribution >= 0.6 is 0 Å². The SMILES string of the molecule is CCCC(C)c1cc2cc[nH]c2cn1. The minimum atomic E-state index is 0.569. The van der Waals surface area contributed by atoms with E-state index in [1.807, 2.05) is 12.4 Å². The Morgan fingerprint density at radius 1 is 1.50 bits per heavy atom. The van der Waals surface area contributed by atoms with E-state index in [2.05, 4.69) is 35.9 Å². The number of aromatic amines is 1. The van der Waals surface area contributed by atoms with E-state index in [1.165, 1.54) is 23.9 Å². The first-order chi connectivity index (χ1) is 6.81. The zero-order chi connectivity index (χ0) is 9.97. The van der Waals surface area contributed by atoms with Crippen molar-refractivity contribution in [3.63, 3.8) is 0 Å². The van der Waals surface area contributed by atoms with Crippen LogP contribution in [0.3, 0.4) is 0 Å². The first-order valence-electron chi connectivity index (χ1n) is 5.24. The van der Waals surface area contributed by atoms with Crippen LogP contribution in [-0.4, -0.2) is 9.97 Å². The van der Waals surface area contributed by atoms with Gasteiger partial charge in [0.25, 0.3) is 0 Å². The molecule has 0 saturated heterocycles. The molecule has 1 atom stereocenters. The molecule has 2 heteroatoms. The average molecular weight is 188 g/mol. The molecule has 0 aliphatic rings. The summed E-state index contributed by atoms with van der Waals surface area (Å²) in [5, 5.41) is 1.26. The largest absolute Gasteiger partial charge is 0.360 e. The van der Waals surface area contributed by atoms with Crippen LogP contribution in [-0.2, 0) is 0 Å². The molecule has 1 unspecified atom stereocenters. The Hall–Kier alpha value is -1.31. The average Bonchev–Trinajstić information content (AvgIpc) is 2.64. The summed E-state index contributed by atoms with van der Waals surface area (Å²) in [7, 11) is 0. The molecule has 0 radical (unpaired) electrons. The first-order valence-corrected chi connectivity index (χ1v) is 5.24. The number of aromatic nitrogens is 2. The summed E-state index contributed by atoms with van der Waals surface area (Å²) in [6, 6.07) is 4.28. The lowest BCUT2D eigenvalue weighted by atomic mass is 10.0. The molecule has 2 aromatic heterocycles. The molecule has 2 heterocycles. The Morgan fingerprint density at radius 2 is 2.36 bits per heavy atom. The lowest BCUT2D eigenvalue weighted by molar-refractivity contribution is 0.648. The normalized spacial score (nSPS) is 13.3. The van der Waals surface area contributed by atoms with E-state index in [1.54, 1.807) is 0 Å². The highest BCUT2D eigenvalue weighted by Gasteiger charge is 2.06. The molecule has 2 aromatic rings. The monoisotopic (exact) mass is 188 g/mol. The number of H-pyrrole nitrogens is 1. The fourth-order valence-corrected chi connectivity index (χ4v) is 1.82. The summed E-state index contributed by atoms with van der Waals surface area (Å²) in [5.74, 6) is 0.569. The topological polar surface area (TPSA) is 28.7 Å². The molecule has 0 aliphatic carbocycles. The number of nitrogens with zero attached hydrogens (tertiary/aromatic N) is 1. The quantitative estimate of drug-likeness (QED) is 0.785. The van der Waals surface area contributed by atoms with Gasteiger partial charge in [0.2, 0.25) is 0 Å². The van der Waals surface area contributed by atoms with Gasteiger partial charge in [-0.15, -0.1) is 0 Å². The molecule has 0 aliphatic heterocycles. The molecule has 0 saturated carbocycles. The minimum absolute atomic E-state index is 0.569. The van der Waals surface area contributed by atoms with Gasteiger partial charge in [-0.1, -0.05) is 20.3 Å². The molecule has 0 fully saturated rings. The second-order valence-electron chi connectivity index (χ2n) is 3.86. The van der Waals surface area contributed by atoms with E-state index in [0.29, 0.717) is 5.92 Å². The van der Waals surface area contributed by atoms with Crippen molar-refractivity contribution >= 4 is 10.9 Å². The zero-order valence-corrected chi connectivity index (χ0v) is 8.75. The summed E-state index contributed by atoms with van der Waals surface area (Å²) in [6.45, 7) is 4.45. The molecule has 74 valence electrons. The van der Waals surface area contributed by atoms with Gasteiger partial charge in [-0.2, -0.15) is 0 Å². The van der Waals surface area contributed by atoms with Crippen molar-refractivity contribution in [2.45, 2.75) is 32.6 Å². The molecule has 2 rings (SSSR count). The zero-order valence-electron chi connectivity index (χ0n) is 8.75. The maximum absolute atomic E-state index is 4.47. The second kappa shape index (κ2) is 3.82. The van der Waals surface area contributed by atoms with E-state index in [4.69, 9.17) is 0 Å². The van der Waals surface area contributed by atoms with E-state index in [-0.39, 0.29) is 0 Å². The predicted molar refractivity (Wildman–Crippen MR) is 59.4 cm³/mol. The fraction of sp³-hybridized carbons (Fsp3) is 0.417. The van der Waals surface area contributed by atoms with Crippen LogP contribution in [0.15, 0.2) is 24.5 Å². The number of hydrogen-bond donors (Lipinski definition) is 1. The van der Waals surface area contributed by atoms with Crippen LogP contribution in [0, 0.1) is 0 Å². The van der Waals surface area contributed by atoms with Gasteiger partial charge in [0.1, 0.15) is 0 Å². The van der Waals surface area contributed by atoms with Crippen molar-refractivity contribution in [2.75, 3.05) is 0 Å². The Bertz CT molecular complexity index is 417. The van der Waals surface area contributed by atoms with Crippen LogP contribution in [0.25, 0.3) is 10.9 Å². The maximum Gasteiger partial charge on any atom is 0.0640 e. The van der Waals surface area contributed by atoms with Gasteiger partial charge in [0, 0.05) is 17.3 Å². The van der Waals surface area contributed by atoms with Gasteiger partial charge in [-0.3, -0.25) is 4.98 Å². The van der Waals surface area contributed by atoms with Crippen LogP contribution in [0.4, 0.5) is 0 Å². The van der Waals surface area contributed by atoms with Crippen molar-refractivity contribution in [1.29, 1.82) is 0 Å². The van der Waals surface area contributed by atoms with Crippen molar-refractivity contribution in [3.8, 4) is 0 Å². The Balaban J connectivity index is 2.33. The number of fused-ring (bicyclic) bond motifs is 1. The standard InChI is InChI=1S/C12H16N2/c1-3-4-9(2)11-7-10-5-6-13-12(10)8-14-11/h5-9,13H,3-4H2,1-2H3. The Labute approximate surface area is 84.4 Å². The Kier molecular flexibility index (Phi) is 2.53. The van der Waals surface area contributed by atoms with Crippen molar-refractivity contribution in [3.05, 3.63) is 30.2 Å². The summed E-state index contributed by atoms with van der Waals surface area (Å²) < 4.78 is 0. The number of nitrogens with one attached hydrogen (secondary N) is 1. The molecule has 14 heavy (non-hydrogen) atoms. The summed E-state index contributed by atoms with van der Waals surface area (Å²) in [6.07, 6.45) is 6.31. The van der Waals surface area contributed by atoms with E-state index >= 15 is 0 Å². The molecule has 0 amide bonds. The third-order valence-corrected chi connectivity index (χ3v) is 2.69. The van der Waals surface area contributed by atoms with Gasteiger partial charge in [0.15, 0.2) is 0 Å². The van der Waals surface area contributed by atoms with Gasteiger partial charge in [-0.05, 0) is 24.5 Å². The van der Waals surface area contributed by atoms with E-state index in [0.717, 1.165) is 5.52 Å². The molecule has 1 N–H and O–H groups in total. The molecular weight excluding hydrogens is 172 g/mol. The summed E-state index contributed by atoms with van der Waals surface area (Å²) >= 11 is 0. The van der Waals surface area contributed by atoms with E-state index in [9.17, 15) is 0 Å². The molecule has 2 nitrogen and oxygen atoms in total. The summed E-state index contributed by atoms with van der Waals surface area (Å²) in [4.78, 5) is 7.62. The van der Waals surface area contributed by atoms with Crippen LogP contribution in [0.5, 0.6) is 0 Å². The third kappa shape index (κ3) is 1.65. The van der Waals surface area contributed by atoms with Crippen molar-refractivity contribution in [2.24, 2.45) is 0 Å². The highest BCUT2D eigenvalue weighted by atomic mass is 14.7. The van der Waals surface area contributed by atoms with Gasteiger partial charge >= 0.3 is 0 Å². The smallest absolute Gasteiger partial charge is 0.0640 e. The molecular formula is C12H16N2. The third-order valence-electron chi connectivity index (χ3n) is 2.69. The molecule has 0 bridgehead atoms. The van der Waals surface area contributed by atoms with Crippen LogP contribution in [0.1, 0.15) is 38.3 Å². The van der Waals surface area contributed by atoms with Crippen LogP contribution in [0.2, 0.25) is 0 Å². The molecule has 0 aromatic carbocycles. The van der Waals surface area contributed by atoms with Crippen molar-refractivity contribution in [1.82, 2.24) is 9.97 Å². The van der Waals surface area contributed by atoms with Gasteiger partial charge in [0.05, 0.1) is 11.7 Å². The summed E-state index contributed by atoms with van der Waals surface area (Å²) in [5.41, 5.74) is 2.33. The lowest BCUT2D eigenvalue weighted by Crippen LogP contribution is -1.95. The number of hydrogen-bond acceptors (Lipinski definition) is 1. The minimum Gasteiger partial charge on any atom is -0.360 e. The highest BCUT2D eigenvalue weighted by molar-refractivity contribution is 5.78. The maximum atomic E-state index is 4.47. The molecule has 0 spiro atoms. The highest BCUT2D eigenvalue weighted by Crippen LogP contribution is 2.21. The van der Waals surface area contributed by atoms with Gasteiger partial charge in [-0.25, -0.2) is 0 Å². The fourth-order valence-electron chi connectivity index (χ4n) is 1.82. The number of pyridine rings is 1. The first kappa shape index (κ1) is 9.25. The van der Waals surface area contributed by atoms with Crippen molar-refractivity contribution < 1.29 is 0 Å².